The Morgan fingerprint density at radius 2 is 1.60 bits per heavy atom. The first kappa shape index (κ1) is 15.1. The summed E-state index contributed by atoms with van der Waals surface area (Å²) in [6.45, 7) is 4.09. The second-order valence-corrected chi connectivity index (χ2v) is 7.18. The molecule has 0 aliphatic carbocycles. The van der Waals surface area contributed by atoms with Crippen molar-refractivity contribution in [3.63, 3.8) is 0 Å². The maximum Gasteiger partial charge on any atom is 0.206 e. The number of halogens is 1. The quantitative estimate of drug-likeness (QED) is 0.837. The van der Waals surface area contributed by atoms with Gasteiger partial charge in [0.05, 0.1) is 9.79 Å². The molecule has 0 spiro atoms. The first-order chi connectivity index (χ1) is 9.45. The van der Waals surface area contributed by atoms with Crippen molar-refractivity contribution in [2.24, 2.45) is 0 Å². The Morgan fingerprint density at radius 1 is 1.00 bits per heavy atom. The van der Waals surface area contributed by atoms with E-state index in [0.29, 0.717) is 9.92 Å². The van der Waals surface area contributed by atoms with Gasteiger partial charge in [-0.05, 0) is 60.9 Å². The molecular weight excluding hydrogens is 292 g/mol. The fourth-order valence-electron chi connectivity index (χ4n) is 2.10. The van der Waals surface area contributed by atoms with Crippen molar-refractivity contribution in [3.8, 4) is 0 Å². The molecule has 106 valence electrons. The van der Waals surface area contributed by atoms with Crippen molar-refractivity contribution >= 4 is 21.4 Å². The van der Waals surface area contributed by atoms with E-state index >= 15 is 0 Å². The number of sulfone groups is 1. The van der Waals surface area contributed by atoms with E-state index in [1.807, 2.05) is 13.0 Å². The summed E-state index contributed by atoms with van der Waals surface area (Å²) in [6, 6.07) is 11.6. The van der Waals surface area contributed by atoms with Crippen LogP contribution >= 0.6 is 11.6 Å². The van der Waals surface area contributed by atoms with Crippen LogP contribution in [0.15, 0.2) is 52.3 Å². The molecule has 2 nitrogen and oxygen atoms in total. The molecule has 0 aliphatic rings. The van der Waals surface area contributed by atoms with Crippen LogP contribution in [0.2, 0.25) is 5.02 Å². The van der Waals surface area contributed by atoms with Crippen molar-refractivity contribution in [1.82, 2.24) is 0 Å². The Hall–Kier alpha value is -1.32. The highest BCUT2D eigenvalue weighted by atomic mass is 35.5. The van der Waals surface area contributed by atoms with E-state index in [9.17, 15) is 8.42 Å². The fourth-order valence-corrected chi connectivity index (χ4v) is 3.54. The minimum atomic E-state index is -3.47. The Bertz CT molecular complexity index is 704. The molecule has 0 saturated carbocycles. The summed E-state index contributed by atoms with van der Waals surface area (Å²) < 4.78 is 25.1. The Kier molecular flexibility index (Phi) is 4.51. The molecule has 2 aromatic rings. The summed E-state index contributed by atoms with van der Waals surface area (Å²) in [5, 5.41) is 0.527. The van der Waals surface area contributed by atoms with E-state index in [2.05, 4.69) is 6.92 Å². The molecular formula is C16H17ClO2S. The van der Waals surface area contributed by atoms with E-state index in [1.165, 1.54) is 12.1 Å². The van der Waals surface area contributed by atoms with E-state index < -0.39 is 9.84 Å². The lowest BCUT2D eigenvalue weighted by atomic mass is 10.0. The molecule has 0 unspecified atom stereocenters. The minimum Gasteiger partial charge on any atom is -0.219 e. The SMILES string of the molecule is CCCc1cc(S(=O)(=O)c2ccc(Cl)cc2)ccc1C. The summed E-state index contributed by atoms with van der Waals surface area (Å²) in [6.07, 6.45) is 1.88. The van der Waals surface area contributed by atoms with Gasteiger partial charge in [-0.25, -0.2) is 8.42 Å². The van der Waals surface area contributed by atoms with Crippen molar-refractivity contribution in [2.75, 3.05) is 0 Å². The van der Waals surface area contributed by atoms with Crippen LogP contribution < -0.4 is 0 Å². The average Bonchev–Trinajstić information content (AvgIpc) is 2.42. The zero-order valence-corrected chi connectivity index (χ0v) is 13.1. The number of rotatable bonds is 4. The predicted molar refractivity (Wildman–Crippen MR) is 82.1 cm³/mol. The molecule has 20 heavy (non-hydrogen) atoms. The molecule has 0 heterocycles. The van der Waals surface area contributed by atoms with Crippen LogP contribution in [-0.2, 0) is 16.3 Å². The van der Waals surface area contributed by atoms with Crippen molar-refractivity contribution in [1.29, 1.82) is 0 Å². The summed E-state index contributed by atoms with van der Waals surface area (Å²) in [5.41, 5.74) is 2.21. The molecule has 0 aromatic heterocycles. The zero-order chi connectivity index (χ0) is 14.8. The van der Waals surface area contributed by atoms with Gasteiger partial charge >= 0.3 is 0 Å². The highest BCUT2D eigenvalue weighted by molar-refractivity contribution is 7.91. The Labute approximate surface area is 125 Å². The summed E-state index contributed by atoms with van der Waals surface area (Å²) in [7, 11) is -3.47. The lowest BCUT2D eigenvalue weighted by molar-refractivity contribution is 0.596. The van der Waals surface area contributed by atoms with Gasteiger partial charge in [-0.2, -0.15) is 0 Å². The van der Waals surface area contributed by atoms with Crippen molar-refractivity contribution in [2.45, 2.75) is 36.5 Å². The summed E-state index contributed by atoms with van der Waals surface area (Å²) >= 11 is 5.80. The molecule has 2 rings (SSSR count). The maximum absolute atomic E-state index is 12.6. The Balaban J connectivity index is 2.49. The van der Waals surface area contributed by atoms with E-state index in [4.69, 9.17) is 11.6 Å². The first-order valence-electron chi connectivity index (χ1n) is 6.55. The van der Waals surface area contributed by atoms with Crippen molar-refractivity contribution < 1.29 is 8.42 Å². The second kappa shape index (κ2) is 5.98. The number of aryl methyl sites for hydroxylation is 2. The smallest absolute Gasteiger partial charge is 0.206 e. The molecule has 0 aliphatic heterocycles. The highest BCUT2D eigenvalue weighted by Crippen LogP contribution is 2.24. The number of hydrogen-bond acceptors (Lipinski definition) is 2. The van der Waals surface area contributed by atoms with Crippen LogP contribution in [0.1, 0.15) is 24.5 Å². The lowest BCUT2D eigenvalue weighted by Gasteiger charge is -2.09. The van der Waals surface area contributed by atoms with Crippen LogP contribution in [0.5, 0.6) is 0 Å². The van der Waals surface area contributed by atoms with Crippen LogP contribution in [0, 0.1) is 6.92 Å². The van der Waals surface area contributed by atoms with Crippen LogP contribution in [0.3, 0.4) is 0 Å². The number of hydrogen-bond donors (Lipinski definition) is 0. The van der Waals surface area contributed by atoms with Gasteiger partial charge in [0.25, 0.3) is 0 Å². The first-order valence-corrected chi connectivity index (χ1v) is 8.41. The molecule has 4 heteroatoms. The van der Waals surface area contributed by atoms with Crippen molar-refractivity contribution in [3.05, 3.63) is 58.6 Å². The highest BCUT2D eigenvalue weighted by Gasteiger charge is 2.18. The third kappa shape index (κ3) is 3.05. The van der Waals surface area contributed by atoms with Gasteiger partial charge in [-0.1, -0.05) is 31.0 Å². The second-order valence-electron chi connectivity index (χ2n) is 4.80. The minimum absolute atomic E-state index is 0.271. The molecule has 0 radical (unpaired) electrons. The lowest BCUT2D eigenvalue weighted by Crippen LogP contribution is -2.03. The maximum atomic E-state index is 12.6. The normalized spacial score (nSPS) is 11.6. The van der Waals surface area contributed by atoms with Crippen LogP contribution in [-0.4, -0.2) is 8.42 Å². The van der Waals surface area contributed by atoms with Gasteiger partial charge in [-0.3, -0.25) is 0 Å². The largest absolute Gasteiger partial charge is 0.219 e. The topological polar surface area (TPSA) is 34.1 Å². The van der Waals surface area contributed by atoms with Gasteiger partial charge in [0.15, 0.2) is 0 Å². The van der Waals surface area contributed by atoms with E-state index in [-0.39, 0.29) is 4.90 Å². The molecule has 2 aromatic carbocycles. The number of benzene rings is 2. The molecule has 0 amide bonds. The van der Waals surface area contributed by atoms with E-state index in [1.54, 1.807) is 24.3 Å². The van der Waals surface area contributed by atoms with Gasteiger partial charge in [0, 0.05) is 5.02 Å². The Morgan fingerprint density at radius 3 is 2.20 bits per heavy atom. The van der Waals surface area contributed by atoms with Crippen LogP contribution in [0.25, 0.3) is 0 Å². The molecule has 0 N–H and O–H groups in total. The molecule has 0 bridgehead atoms. The fraction of sp³-hybridized carbons (Fsp3) is 0.250. The third-order valence-corrected chi connectivity index (χ3v) is 5.29. The van der Waals surface area contributed by atoms with Gasteiger partial charge in [-0.15, -0.1) is 0 Å². The molecule has 0 saturated heterocycles. The van der Waals surface area contributed by atoms with E-state index in [0.717, 1.165) is 24.0 Å². The average molecular weight is 309 g/mol. The third-order valence-electron chi connectivity index (χ3n) is 3.27. The molecule has 0 fully saturated rings. The molecule has 0 atom stereocenters. The zero-order valence-electron chi connectivity index (χ0n) is 11.6. The standard InChI is InChI=1S/C16H17ClO2S/c1-3-4-13-11-16(8-5-12(13)2)20(18,19)15-9-6-14(17)7-10-15/h5-11H,3-4H2,1-2H3. The summed E-state index contributed by atoms with van der Waals surface area (Å²) in [5.74, 6) is 0. The summed E-state index contributed by atoms with van der Waals surface area (Å²) in [4.78, 5) is 0.613. The monoisotopic (exact) mass is 308 g/mol. The van der Waals surface area contributed by atoms with Gasteiger partial charge in [0.2, 0.25) is 9.84 Å². The van der Waals surface area contributed by atoms with Gasteiger partial charge < -0.3 is 0 Å². The van der Waals surface area contributed by atoms with Gasteiger partial charge in [0.1, 0.15) is 0 Å². The van der Waals surface area contributed by atoms with Crippen LogP contribution in [0.4, 0.5) is 0 Å². The predicted octanol–water partition coefficient (Wildman–Crippen LogP) is 4.43.